The fourth-order valence-corrected chi connectivity index (χ4v) is 1.98. The van der Waals surface area contributed by atoms with E-state index in [1.165, 1.54) is 0 Å². The lowest BCUT2D eigenvalue weighted by Gasteiger charge is -2.07. The van der Waals surface area contributed by atoms with Gasteiger partial charge in [0.1, 0.15) is 0 Å². The fraction of sp³-hybridized carbons (Fsp3) is 0.294. The maximum Gasteiger partial charge on any atom is 0.194 e. The summed E-state index contributed by atoms with van der Waals surface area (Å²) >= 11 is 5.97. The third kappa shape index (κ3) is 4.46. The molecule has 3 heteroatoms. The number of ketones is 1. The molecule has 0 saturated heterocycles. The van der Waals surface area contributed by atoms with E-state index in [9.17, 15) is 4.79 Å². The summed E-state index contributed by atoms with van der Waals surface area (Å²) in [6.45, 7) is 7.85. The van der Waals surface area contributed by atoms with E-state index < -0.39 is 0 Å². The molecule has 1 rings (SSSR count). The Morgan fingerprint density at radius 1 is 1.40 bits per heavy atom. The lowest BCUT2D eigenvalue weighted by atomic mass is 9.99. The Balaban J connectivity index is 3.34. The van der Waals surface area contributed by atoms with Crippen LogP contribution in [0.3, 0.4) is 0 Å². The van der Waals surface area contributed by atoms with Crippen molar-refractivity contribution in [2.45, 2.75) is 34.1 Å². The van der Waals surface area contributed by atoms with Gasteiger partial charge in [0.25, 0.3) is 0 Å². The first-order chi connectivity index (χ1) is 9.49. The van der Waals surface area contributed by atoms with Gasteiger partial charge < -0.3 is 0 Å². The number of halogens is 1. The molecular weight excluding hydrogens is 270 g/mol. The molecule has 0 atom stereocenters. The Kier molecular flexibility index (Phi) is 6.40. The van der Waals surface area contributed by atoms with Crippen molar-refractivity contribution in [2.24, 2.45) is 0 Å². The Morgan fingerprint density at radius 3 is 2.65 bits per heavy atom. The van der Waals surface area contributed by atoms with Crippen LogP contribution in [-0.2, 0) is 0 Å². The van der Waals surface area contributed by atoms with Gasteiger partial charge in [-0.3, -0.25) is 9.78 Å². The Morgan fingerprint density at radius 2 is 2.10 bits per heavy atom. The molecule has 0 radical (unpaired) electrons. The molecule has 0 fully saturated rings. The van der Waals surface area contributed by atoms with Gasteiger partial charge in [0, 0.05) is 17.3 Å². The number of Topliss-reactive ketones (excluding diaryl/α,β-unsaturated/α-hetero) is 1. The van der Waals surface area contributed by atoms with Crippen LogP contribution in [0.5, 0.6) is 0 Å². The third-order valence-electron chi connectivity index (χ3n) is 2.58. The Bertz CT molecular complexity index is 579. The quantitative estimate of drug-likeness (QED) is 0.421. The molecule has 0 unspecified atom stereocenters. The third-order valence-corrected chi connectivity index (χ3v) is 2.79. The van der Waals surface area contributed by atoms with Crippen molar-refractivity contribution in [1.29, 1.82) is 0 Å². The standard InChI is InChI=1S/C17H20ClNO/c1-5-7-13(9-12(3)4)17(20)15-10-14(18)11-19-16(15)8-6-2/h6-11H,5H2,1-4H3/b8-6-,13-7+. The minimum atomic E-state index is -0.0452. The van der Waals surface area contributed by atoms with E-state index in [0.29, 0.717) is 21.9 Å². The van der Waals surface area contributed by atoms with Crippen molar-refractivity contribution in [3.05, 3.63) is 57.9 Å². The summed E-state index contributed by atoms with van der Waals surface area (Å²) in [5.41, 5.74) is 2.95. The summed E-state index contributed by atoms with van der Waals surface area (Å²) in [6.07, 6.45) is 9.85. The number of hydrogen-bond acceptors (Lipinski definition) is 2. The van der Waals surface area contributed by atoms with Crippen molar-refractivity contribution in [1.82, 2.24) is 4.98 Å². The predicted molar refractivity (Wildman–Crippen MR) is 86.1 cm³/mol. The van der Waals surface area contributed by atoms with Crippen LogP contribution in [0.4, 0.5) is 0 Å². The van der Waals surface area contributed by atoms with Crippen LogP contribution in [0, 0.1) is 0 Å². The lowest BCUT2D eigenvalue weighted by molar-refractivity contribution is 0.103. The van der Waals surface area contributed by atoms with Gasteiger partial charge in [0.15, 0.2) is 5.78 Å². The van der Waals surface area contributed by atoms with Crippen molar-refractivity contribution >= 4 is 23.5 Å². The topological polar surface area (TPSA) is 30.0 Å². The molecule has 0 spiro atoms. The summed E-state index contributed by atoms with van der Waals surface area (Å²) in [5, 5.41) is 0.467. The molecule has 1 aromatic rings. The number of aromatic nitrogens is 1. The molecule has 2 nitrogen and oxygen atoms in total. The van der Waals surface area contributed by atoms with Gasteiger partial charge in [-0.15, -0.1) is 0 Å². The number of rotatable bonds is 5. The largest absolute Gasteiger partial charge is 0.289 e. The average Bonchev–Trinajstić information content (AvgIpc) is 2.39. The van der Waals surface area contributed by atoms with Crippen LogP contribution in [0.2, 0.25) is 5.02 Å². The molecule has 0 aliphatic heterocycles. The van der Waals surface area contributed by atoms with Crippen molar-refractivity contribution in [2.75, 3.05) is 0 Å². The van der Waals surface area contributed by atoms with Crippen LogP contribution in [0.25, 0.3) is 6.08 Å². The van der Waals surface area contributed by atoms with Crippen molar-refractivity contribution in [3.8, 4) is 0 Å². The SMILES string of the molecule is C/C=C\c1ncc(Cl)cc1C(=O)/C(C=C(C)C)=C/CC. The summed E-state index contributed by atoms with van der Waals surface area (Å²) in [5.74, 6) is -0.0452. The van der Waals surface area contributed by atoms with E-state index in [0.717, 1.165) is 12.0 Å². The monoisotopic (exact) mass is 289 g/mol. The van der Waals surface area contributed by atoms with E-state index in [1.807, 2.05) is 52.0 Å². The molecule has 0 saturated carbocycles. The summed E-state index contributed by atoms with van der Waals surface area (Å²) in [7, 11) is 0. The number of carbonyl (C=O) groups excluding carboxylic acids is 1. The molecule has 0 aromatic carbocycles. The molecule has 0 amide bonds. The highest BCUT2D eigenvalue weighted by atomic mass is 35.5. The second-order valence-corrected chi connectivity index (χ2v) is 5.14. The highest BCUT2D eigenvalue weighted by molar-refractivity contribution is 6.31. The van der Waals surface area contributed by atoms with Crippen LogP contribution >= 0.6 is 11.6 Å². The number of hydrogen-bond donors (Lipinski definition) is 0. The summed E-state index contributed by atoms with van der Waals surface area (Å²) < 4.78 is 0. The zero-order valence-electron chi connectivity index (χ0n) is 12.4. The molecule has 1 aromatic heterocycles. The Labute approximate surface area is 125 Å². The first-order valence-corrected chi connectivity index (χ1v) is 7.05. The molecule has 0 aliphatic carbocycles. The molecular formula is C17H20ClNO. The zero-order valence-corrected chi connectivity index (χ0v) is 13.2. The molecule has 0 N–H and O–H groups in total. The Hall–Kier alpha value is -1.67. The fourth-order valence-electron chi connectivity index (χ4n) is 1.83. The van der Waals surface area contributed by atoms with E-state index in [-0.39, 0.29) is 5.78 Å². The minimum Gasteiger partial charge on any atom is -0.289 e. The first kappa shape index (κ1) is 16.4. The molecule has 20 heavy (non-hydrogen) atoms. The molecule has 106 valence electrons. The maximum atomic E-state index is 12.7. The highest BCUT2D eigenvalue weighted by Gasteiger charge is 2.15. The van der Waals surface area contributed by atoms with E-state index in [1.54, 1.807) is 12.3 Å². The van der Waals surface area contributed by atoms with Gasteiger partial charge in [-0.05, 0) is 39.3 Å². The van der Waals surface area contributed by atoms with Crippen molar-refractivity contribution < 1.29 is 4.79 Å². The zero-order chi connectivity index (χ0) is 15.1. The van der Waals surface area contributed by atoms with E-state index >= 15 is 0 Å². The second kappa shape index (κ2) is 7.81. The van der Waals surface area contributed by atoms with Gasteiger partial charge in [0.05, 0.1) is 10.7 Å². The molecule has 0 bridgehead atoms. The van der Waals surface area contributed by atoms with Crippen LogP contribution in [0.1, 0.15) is 50.2 Å². The smallest absolute Gasteiger partial charge is 0.194 e. The van der Waals surface area contributed by atoms with Crippen LogP contribution in [0.15, 0.2) is 41.6 Å². The van der Waals surface area contributed by atoms with Gasteiger partial charge in [-0.25, -0.2) is 0 Å². The normalized spacial score (nSPS) is 11.8. The summed E-state index contributed by atoms with van der Waals surface area (Å²) in [6, 6.07) is 1.68. The predicted octanol–water partition coefficient (Wildman–Crippen LogP) is 5.25. The van der Waals surface area contributed by atoms with E-state index in [2.05, 4.69) is 4.98 Å². The second-order valence-electron chi connectivity index (χ2n) is 4.70. The first-order valence-electron chi connectivity index (χ1n) is 6.67. The number of carbonyl (C=O) groups is 1. The van der Waals surface area contributed by atoms with Crippen LogP contribution in [-0.4, -0.2) is 10.8 Å². The van der Waals surface area contributed by atoms with Crippen molar-refractivity contribution in [3.63, 3.8) is 0 Å². The van der Waals surface area contributed by atoms with Gasteiger partial charge in [-0.2, -0.15) is 0 Å². The van der Waals surface area contributed by atoms with Gasteiger partial charge >= 0.3 is 0 Å². The highest BCUT2D eigenvalue weighted by Crippen LogP contribution is 2.20. The number of pyridine rings is 1. The van der Waals surface area contributed by atoms with Gasteiger partial charge in [0.2, 0.25) is 0 Å². The molecule has 1 heterocycles. The average molecular weight is 290 g/mol. The number of allylic oxidation sites excluding steroid dienone is 5. The van der Waals surface area contributed by atoms with Gasteiger partial charge in [-0.1, -0.05) is 42.3 Å². The number of nitrogens with zero attached hydrogens (tertiary/aromatic N) is 1. The van der Waals surface area contributed by atoms with Crippen LogP contribution < -0.4 is 0 Å². The molecule has 0 aliphatic rings. The maximum absolute atomic E-state index is 12.7. The minimum absolute atomic E-state index is 0.0452. The van der Waals surface area contributed by atoms with E-state index in [4.69, 9.17) is 11.6 Å². The summed E-state index contributed by atoms with van der Waals surface area (Å²) in [4.78, 5) is 16.9. The lowest BCUT2D eigenvalue weighted by Crippen LogP contribution is -2.06.